The van der Waals surface area contributed by atoms with Crippen molar-refractivity contribution in [3.63, 3.8) is 0 Å². The number of hydrogen-bond acceptors (Lipinski definition) is 4. The molecule has 1 radical (unpaired) electrons. The molecule has 0 spiro atoms. The average Bonchev–Trinajstić information content (AvgIpc) is 2.06. The fourth-order valence-electron chi connectivity index (χ4n) is 0.762. The quantitative estimate of drug-likeness (QED) is 0.546. The molecule has 2 heterocycles. The molecule has 2 aromatic rings. The lowest BCUT2D eigenvalue weighted by atomic mass is 10.5. The van der Waals surface area contributed by atoms with Crippen LogP contribution in [-0.2, 0) is 0 Å². The van der Waals surface area contributed by atoms with Gasteiger partial charge in [0.05, 0.1) is 12.5 Å². The van der Waals surface area contributed by atoms with Crippen LogP contribution >= 0.6 is 0 Å². The molecule has 0 saturated carbocycles. The molecule has 0 unspecified atom stereocenters. The van der Waals surface area contributed by atoms with Crippen molar-refractivity contribution in [1.82, 2.24) is 19.9 Å². The van der Waals surface area contributed by atoms with Crippen LogP contribution in [0.15, 0.2) is 17.3 Å². The maximum absolute atomic E-state index is 11.0. The third-order valence-corrected chi connectivity index (χ3v) is 1.23. The van der Waals surface area contributed by atoms with Gasteiger partial charge in [-0.2, -0.15) is 0 Å². The van der Waals surface area contributed by atoms with Crippen molar-refractivity contribution in [3.8, 4) is 0 Å². The minimum atomic E-state index is -0.292. The van der Waals surface area contributed by atoms with E-state index in [-0.39, 0.29) is 11.1 Å². The summed E-state index contributed by atoms with van der Waals surface area (Å²) >= 11 is 0. The molecule has 5 heteroatoms. The Labute approximate surface area is 61.2 Å². The summed E-state index contributed by atoms with van der Waals surface area (Å²) in [7, 11) is 0. The molecule has 0 fully saturated rings. The number of H-pyrrole nitrogens is 1. The highest BCUT2D eigenvalue weighted by atomic mass is 16.1. The van der Waals surface area contributed by atoms with E-state index in [0.29, 0.717) is 5.65 Å². The molecule has 0 aromatic carbocycles. The monoisotopic (exact) mass is 147 g/mol. The molecule has 0 amide bonds. The zero-order valence-electron chi connectivity index (χ0n) is 5.40. The molecule has 53 valence electrons. The second-order valence-corrected chi connectivity index (χ2v) is 1.90. The van der Waals surface area contributed by atoms with Crippen molar-refractivity contribution in [2.24, 2.45) is 0 Å². The maximum Gasteiger partial charge on any atom is 0.278 e. The van der Waals surface area contributed by atoms with E-state index in [9.17, 15) is 4.79 Å². The zero-order valence-corrected chi connectivity index (χ0v) is 5.40. The van der Waals surface area contributed by atoms with Gasteiger partial charge in [-0.1, -0.05) is 0 Å². The molecule has 0 aliphatic carbocycles. The molecule has 2 aromatic heterocycles. The van der Waals surface area contributed by atoms with Gasteiger partial charge in [-0.05, 0) is 0 Å². The molecule has 2 rings (SSSR count). The van der Waals surface area contributed by atoms with Crippen molar-refractivity contribution < 1.29 is 0 Å². The van der Waals surface area contributed by atoms with E-state index in [0.717, 1.165) is 0 Å². The van der Waals surface area contributed by atoms with Crippen LogP contribution in [0, 0.1) is 6.20 Å². The predicted molar refractivity (Wildman–Crippen MR) is 36.8 cm³/mol. The predicted octanol–water partition coefficient (Wildman–Crippen LogP) is -0.487. The van der Waals surface area contributed by atoms with E-state index in [1.54, 1.807) is 0 Å². The second kappa shape index (κ2) is 2.12. The molecule has 5 nitrogen and oxygen atoms in total. The maximum atomic E-state index is 11.0. The third kappa shape index (κ3) is 0.861. The summed E-state index contributed by atoms with van der Waals surface area (Å²) in [6.07, 6.45) is 5.12. The molecular formula is C6H3N4O. The van der Waals surface area contributed by atoms with Gasteiger partial charge in [0.25, 0.3) is 5.56 Å². The van der Waals surface area contributed by atoms with E-state index in [1.165, 1.54) is 12.5 Å². The standard InChI is InChI=1S/C6H3N4O/c11-6-4-5(9-3-10-6)8-2-1-7-4/h2-3H,(H,8,9,10,11). The summed E-state index contributed by atoms with van der Waals surface area (Å²) in [4.78, 5) is 24.6. The Kier molecular flexibility index (Phi) is 1.15. The Morgan fingerprint density at radius 2 is 2.36 bits per heavy atom. The summed E-state index contributed by atoms with van der Waals surface area (Å²) in [5.41, 5.74) is 0.266. The smallest absolute Gasteiger partial charge is 0.278 e. The van der Waals surface area contributed by atoms with Gasteiger partial charge < -0.3 is 4.98 Å². The minimum absolute atomic E-state index is 0.218. The lowest BCUT2D eigenvalue weighted by Gasteiger charge is -1.89. The number of aromatic amines is 1. The van der Waals surface area contributed by atoms with Crippen LogP contribution in [0.25, 0.3) is 11.2 Å². The van der Waals surface area contributed by atoms with Gasteiger partial charge in [0.2, 0.25) is 0 Å². The van der Waals surface area contributed by atoms with Gasteiger partial charge in [-0.15, -0.1) is 0 Å². The van der Waals surface area contributed by atoms with E-state index < -0.39 is 0 Å². The number of nitrogens with zero attached hydrogens (tertiary/aromatic N) is 3. The summed E-state index contributed by atoms with van der Waals surface area (Å²) in [6.45, 7) is 0. The van der Waals surface area contributed by atoms with Crippen LogP contribution in [-0.4, -0.2) is 19.9 Å². The van der Waals surface area contributed by atoms with Crippen molar-refractivity contribution in [2.45, 2.75) is 0 Å². The van der Waals surface area contributed by atoms with Gasteiger partial charge in [0.15, 0.2) is 11.2 Å². The normalized spacial score (nSPS) is 10.2. The number of rotatable bonds is 0. The molecular weight excluding hydrogens is 144 g/mol. The van der Waals surface area contributed by atoms with Crippen LogP contribution in [0.3, 0.4) is 0 Å². The van der Waals surface area contributed by atoms with Crippen molar-refractivity contribution in [3.05, 3.63) is 29.1 Å². The number of fused-ring (bicyclic) bond motifs is 1. The minimum Gasteiger partial charge on any atom is -0.311 e. The lowest BCUT2D eigenvalue weighted by molar-refractivity contribution is 1.11. The second-order valence-electron chi connectivity index (χ2n) is 1.90. The van der Waals surface area contributed by atoms with Gasteiger partial charge in [0, 0.05) is 0 Å². The van der Waals surface area contributed by atoms with E-state index in [1.807, 2.05) is 0 Å². The van der Waals surface area contributed by atoms with Crippen LogP contribution in [0.1, 0.15) is 0 Å². The number of nitrogens with one attached hydrogen (secondary N) is 1. The SMILES string of the molecule is O=c1[nH]cnc2nc[c]nc12. The lowest BCUT2D eigenvalue weighted by Crippen LogP contribution is -2.08. The van der Waals surface area contributed by atoms with Crippen molar-refractivity contribution in [1.29, 1.82) is 0 Å². The topological polar surface area (TPSA) is 71.5 Å². The number of aromatic nitrogens is 4. The molecule has 0 saturated heterocycles. The van der Waals surface area contributed by atoms with Gasteiger partial charge in [0.1, 0.15) is 6.20 Å². The highest BCUT2D eigenvalue weighted by Gasteiger charge is 1.97. The highest BCUT2D eigenvalue weighted by molar-refractivity contribution is 5.66. The van der Waals surface area contributed by atoms with Gasteiger partial charge in [-0.3, -0.25) is 4.79 Å². The first-order chi connectivity index (χ1) is 5.38. The summed E-state index contributed by atoms with van der Waals surface area (Å²) < 4.78 is 0. The van der Waals surface area contributed by atoms with Crippen LogP contribution in [0.2, 0.25) is 0 Å². The molecule has 0 atom stereocenters. The number of hydrogen-bond donors (Lipinski definition) is 1. The first-order valence-corrected chi connectivity index (χ1v) is 2.94. The molecule has 11 heavy (non-hydrogen) atoms. The Hall–Kier alpha value is -1.78. The Bertz CT molecular complexity index is 430. The van der Waals surface area contributed by atoms with E-state index in [4.69, 9.17) is 0 Å². The Balaban J connectivity index is 3.03. The van der Waals surface area contributed by atoms with Gasteiger partial charge in [-0.25, -0.2) is 15.0 Å². The first kappa shape index (κ1) is 5.96. The van der Waals surface area contributed by atoms with E-state index in [2.05, 4.69) is 26.1 Å². The molecule has 0 aliphatic rings. The van der Waals surface area contributed by atoms with Gasteiger partial charge >= 0.3 is 0 Å². The first-order valence-electron chi connectivity index (χ1n) is 2.94. The summed E-state index contributed by atoms with van der Waals surface area (Å²) in [6, 6.07) is 0. The van der Waals surface area contributed by atoms with Crippen LogP contribution in [0.4, 0.5) is 0 Å². The summed E-state index contributed by atoms with van der Waals surface area (Å²) in [5, 5.41) is 0. The molecule has 0 bridgehead atoms. The summed E-state index contributed by atoms with van der Waals surface area (Å²) in [5.74, 6) is 0. The Morgan fingerprint density at radius 1 is 1.45 bits per heavy atom. The van der Waals surface area contributed by atoms with Crippen molar-refractivity contribution >= 4 is 11.2 Å². The fraction of sp³-hybridized carbons (Fsp3) is 0. The highest BCUT2D eigenvalue weighted by Crippen LogP contribution is 1.92. The molecule has 0 aliphatic heterocycles. The largest absolute Gasteiger partial charge is 0.311 e. The fourth-order valence-corrected chi connectivity index (χ4v) is 0.762. The van der Waals surface area contributed by atoms with E-state index >= 15 is 0 Å². The van der Waals surface area contributed by atoms with Crippen LogP contribution in [0.5, 0.6) is 0 Å². The van der Waals surface area contributed by atoms with Crippen molar-refractivity contribution in [2.75, 3.05) is 0 Å². The molecule has 1 N–H and O–H groups in total. The Morgan fingerprint density at radius 3 is 3.18 bits per heavy atom. The average molecular weight is 147 g/mol. The zero-order chi connectivity index (χ0) is 7.68. The van der Waals surface area contributed by atoms with Crippen LogP contribution < -0.4 is 5.56 Å². The third-order valence-electron chi connectivity index (χ3n) is 1.23.